The predicted molar refractivity (Wildman–Crippen MR) is 87.3 cm³/mol. The Morgan fingerprint density at radius 1 is 1.40 bits per heavy atom. The Kier molecular flexibility index (Phi) is 5.21. The van der Waals surface area contributed by atoms with Crippen molar-refractivity contribution in [2.45, 2.75) is 59.0 Å². The van der Waals surface area contributed by atoms with E-state index in [2.05, 4.69) is 37.9 Å². The topological polar surface area (TPSA) is 28.2 Å². The SMILES string of the molecule is CNCc1sc(CN2CCCC(C)C2)nc1C(C)(C)C. The highest BCUT2D eigenvalue weighted by atomic mass is 32.1. The van der Waals surface area contributed by atoms with Gasteiger partial charge in [0.05, 0.1) is 12.2 Å². The summed E-state index contributed by atoms with van der Waals surface area (Å²) in [5.74, 6) is 0.836. The maximum Gasteiger partial charge on any atom is 0.107 e. The van der Waals surface area contributed by atoms with E-state index in [9.17, 15) is 0 Å². The first-order valence-corrected chi connectivity index (χ1v) is 8.58. The summed E-state index contributed by atoms with van der Waals surface area (Å²) in [6.07, 6.45) is 2.72. The highest BCUT2D eigenvalue weighted by Gasteiger charge is 2.24. The minimum atomic E-state index is 0.135. The monoisotopic (exact) mass is 295 g/mol. The van der Waals surface area contributed by atoms with Gasteiger partial charge in [-0.1, -0.05) is 27.7 Å². The van der Waals surface area contributed by atoms with Gasteiger partial charge >= 0.3 is 0 Å². The minimum absolute atomic E-state index is 0.135. The van der Waals surface area contributed by atoms with Crippen molar-refractivity contribution in [2.24, 2.45) is 5.92 Å². The molecule has 0 radical (unpaired) electrons. The van der Waals surface area contributed by atoms with Crippen LogP contribution >= 0.6 is 11.3 Å². The Morgan fingerprint density at radius 2 is 2.15 bits per heavy atom. The van der Waals surface area contributed by atoms with Crippen LogP contribution in [0.3, 0.4) is 0 Å². The molecule has 0 aliphatic carbocycles. The van der Waals surface area contributed by atoms with Gasteiger partial charge in [-0.05, 0) is 32.4 Å². The van der Waals surface area contributed by atoms with Gasteiger partial charge in [0.15, 0.2) is 0 Å². The van der Waals surface area contributed by atoms with E-state index >= 15 is 0 Å². The molecule has 1 atom stereocenters. The first kappa shape index (κ1) is 15.9. The van der Waals surface area contributed by atoms with Crippen molar-refractivity contribution in [1.29, 1.82) is 0 Å². The third-order valence-electron chi connectivity index (χ3n) is 3.89. The first-order chi connectivity index (χ1) is 9.40. The standard InChI is InChI=1S/C16H29N3S/c1-12-7-6-8-19(10-12)11-14-18-15(16(2,3)4)13(20-14)9-17-5/h12,17H,6-11H2,1-5H3. The Labute approximate surface area is 127 Å². The van der Waals surface area contributed by atoms with Gasteiger partial charge in [0.2, 0.25) is 0 Å². The molecule has 0 bridgehead atoms. The number of hydrogen-bond acceptors (Lipinski definition) is 4. The highest BCUT2D eigenvalue weighted by Crippen LogP contribution is 2.30. The van der Waals surface area contributed by atoms with Gasteiger partial charge in [0.1, 0.15) is 5.01 Å². The van der Waals surface area contributed by atoms with Crippen molar-refractivity contribution < 1.29 is 0 Å². The molecule has 2 rings (SSSR count). The fraction of sp³-hybridized carbons (Fsp3) is 0.812. The van der Waals surface area contributed by atoms with Crippen LogP contribution < -0.4 is 5.32 Å². The maximum atomic E-state index is 4.96. The molecular formula is C16H29N3S. The fourth-order valence-electron chi connectivity index (χ4n) is 2.96. The molecule has 1 N–H and O–H groups in total. The molecule has 114 valence electrons. The number of thiazole rings is 1. The zero-order chi connectivity index (χ0) is 14.8. The molecule has 0 amide bonds. The van der Waals surface area contributed by atoms with E-state index in [1.54, 1.807) is 0 Å². The molecule has 4 heteroatoms. The number of aromatic nitrogens is 1. The molecule has 1 aromatic heterocycles. The molecule has 1 aromatic rings. The van der Waals surface area contributed by atoms with Crippen LogP contribution in [0.5, 0.6) is 0 Å². The first-order valence-electron chi connectivity index (χ1n) is 7.76. The van der Waals surface area contributed by atoms with Gasteiger partial charge in [0, 0.05) is 23.4 Å². The molecule has 0 aromatic carbocycles. The van der Waals surface area contributed by atoms with Gasteiger partial charge < -0.3 is 5.32 Å². The van der Waals surface area contributed by atoms with Crippen molar-refractivity contribution in [3.63, 3.8) is 0 Å². The summed E-state index contributed by atoms with van der Waals surface area (Å²) in [7, 11) is 2.01. The average molecular weight is 295 g/mol. The van der Waals surface area contributed by atoms with Crippen LogP contribution in [-0.2, 0) is 18.5 Å². The number of piperidine rings is 1. The van der Waals surface area contributed by atoms with E-state index in [1.807, 2.05) is 18.4 Å². The maximum absolute atomic E-state index is 4.96. The molecule has 3 nitrogen and oxygen atoms in total. The molecule has 1 saturated heterocycles. The van der Waals surface area contributed by atoms with Crippen LogP contribution in [0.4, 0.5) is 0 Å². The molecule has 2 heterocycles. The predicted octanol–water partition coefficient (Wildman–Crippen LogP) is 3.39. The van der Waals surface area contributed by atoms with Crippen molar-refractivity contribution >= 4 is 11.3 Å². The van der Waals surface area contributed by atoms with E-state index in [-0.39, 0.29) is 5.41 Å². The van der Waals surface area contributed by atoms with Crippen molar-refractivity contribution in [1.82, 2.24) is 15.2 Å². The van der Waals surface area contributed by atoms with E-state index in [0.29, 0.717) is 0 Å². The molecule has 0 spiro atoms. The van der Waals surface area contributed by atoms with Crippen LogP contribution in [0, 0.1) is 5.92 Å². The van der Waals surface area contributed by atoms with E-state index in [1.165, 1.54) is 41.5 Å². The third-order valence-corrected chi connectivity index (χ3v) is 4.93. The van der Waals surface area contributed by atoms with E-state index in [4.69, 9.17) is 4.98 Å². The zero-order valence-electron chi connectivity index (χ0n) is 13.6. The number of nitrogens with zero attached hydrogens (tertiary/aromatic N) is 2. The molecule has 1 fully saturated rings. The number of rotatable bonds is 4. The van der Waals surface area contributed by atoms with Gasteiger partial charge in [-0.25, -0.2) is 4.98 Å². The second kappa shape index (κ2) is 6.54. The summed E-state index contributed by atoms with van der Waals surface area (Å²) in [5, 5.41) is 4.56. The van der Waals surface area contributed by atoms with E-state index < -0.39 is 0 Å². The van der Waals surface area contributed by atoms with E-state index in [0.717, 1.165) is 19.0 Å². The normalized spacial score (nSPS) is 21.4. The second-order valence-corrected chi connectivity index (χ2v) is 8.31. The Hall–Kier alpha value is -0.450. The van der Waals surface area contributed by atoms with Crippen molar-refractivity contribution in [2.75, 3.05) is 20.1 Å². The minimum Gasteiger partial charge on any atom is -0.315 e. The third kappa shape index (κ3) is 4.03. The molecule has 1 aliphatic rings. The molecule has 1 unspecified atom stereocenters. The largest absolute Gasteiger partial charge is 0.315 e. The van der Waals surface area contributed by atoms with Crippen LogP contribution in [0.25, 0.3) is 0 Å². The lowest BCUT2D eigenvalue weighted by atomic mass is 9.91. The quantitative estimate of drug-likeness (QED) is 0.923. The number of nitrogens with one attached hydrogen (secondary N) is 1. The molecular weight excluding hydrogens is 266 g/mol. The Morgan fingerprint density at radius 3 is 2.75 bits per heavy atom. The zero-order valence-corrected chi connectivity index (χ0v) is 14.4. The molecule has 0 saturated carbocycles. The van der Waals surface area contributed by atoms with Gasteiger partial charge in [-0.3, -0.25) is 4.90 Å². The van der Waals surface area contributed by atoms with Crippen LogP contribution in [0.1, 0.15) is 56.1 Å². The lowest BCUT2D eigenvalue weighted by Gasteiger charge is -2.30. The molecule has 1 aliphatic heterocycles. The van der Waals surface area contributed by atoms with Gasteiger partial charge in [-0.2, -0.15) is 0 Å². The lowest BCUT2D eigenvalue weighted by Crippen LogP contribution is -2.33. The summed E-state index contributed by atoms with van der Waals surface area (Å²) in [6, 6.07) is 0. The smallest absolute Gasteiger partial charge is 0.107 e. The van der Waals surface area contributed by atoms with Crippen LogP contribution in [0.15, 0.2) is 0 Å². The Balaban J connectivity index is 2.12. The average Bonchev–Trinajstić information content (AvgIpc) is 2.72. The number of hydrogen-bond donors (Lipinski definition) is 1. The number of likely N-dealkylation sites (tertiary alicyclic amines) is 1. The van der Waals surface area contributed by atoms with Gasteiger partial charge in [-0.15, -0.1) is 11.3 Å². The summed E-state index contributed by atoms with van der Waals surface area (Å²) in [5.41, 5.74) is 1.41. The van der Waals surface area contributed by atoms with Crippen LogP contribution in [0.2, 0.25) is 0 Å². The fourth-order valence-corrected chi connectivity index (χ4v) is 4.29. The summed E-state index contributed by atoms with van der Waals surface area (Å²) >= 11 is 1.89. The highest BCUT2D eigenvalue weighted by molar-refractivity contribution is 7.11. The van der Waals surface area contributed by atoms with Crippen molar-refractivity contribution in [3.8, 4) is 0 Å². The van der Waals surface area contributed by atoms with Crippen molar-refractivity contribution in [3.05, 3.63) is 15.6 Å². The summed E-state index contributed by atoms with van der Waals surface area (Å²) < 4.78 is 0. The lowest BCUT2D eigenvalue weighted by molar-refractivity contribution is 0.176. The molecule has 20 heavy (non-hydrogen) atoms. The Bertz CT molecular complexity index is 433. The summed E-state index contributed by atoms with van der Waals surface area (Å²) in [6.45, 7) is 13.6. The second-order valence-electron chi connectivity index (χ2n) is 7.14. The summed E-state index contributed by atoms with van der Waals surface area (Å²) in [4.78, 5) is 8.93. The van der Waals surface area contributed by atoms with Crippen LogP contribution in [-0.4, -0.2) is 30.0 Å². The van der Waals surface area contributed by atoms with Gasteiger partial charge in [0.25, 0.3) is 0 Å².